The quantitative estimate of drug-likeness (QED) is 0.409. The van der Waals surface area contributed by atoms with Gasteiger partial charge in [0.1, 0.15) is 0 Å². The lowest BCUT2D eigenvalue weighted by atomic mass is 10.0. The Hall–Kier alpha value is 0.0569. The monoisotopic (exact) mass is 288 g/mol. The Labute approximate surface area is 117 Å². The predicted molar refractivity (Wildman–Crippen MR) is 76.5 cm³/mol. The molecule has 1 saturated heterocycles. The van der Waals surface area contributed by atoms with Gasteiger partial charge in [-0.3, -0.25) is 0 Å². The van der Waals surface area contributed by atoms with Crippen molar-refractivity contribution in [2.24, 2.45) is 0 Å². The van der Waals surface area contributed by atoms with Gasteiger partial charge in [-0.05, 0) is 36.9 Å². The summed E-state index contributed by atoms with van der Waals surface area (Å²) in [5.74, 6) is -0.903. The highest BCUT2D eigenvalue weighted by Crippen LogP contribution is 2.49. The molecule has 1 aliphatic heterocycles. The molecule has 1 heterocycles. The molecule has 0 radical (unpaired) electrons. The smallest absolute Gasteiger partial charge is 0.269 e. The van der Waals surface area contributed by atoms with Gasteiger partial charge in [0.25, 0.3) is 5.97 Å². The van der Waals surface area contributed by atoms with Gasteiger partial charge in [-0.15, -0.1) is 0 Å². The van der Waals surface area contributed by atoms with Crippen molar-refractivity contribution < 1.29 is 18.6 Å². The first-order chi connectivity index (χ1) is 9.02. The second-order valence-electron chi connectivity index (χ2n) is 5.87. The van der Waals surface area contributed by atoms with Crippen molar-refractivity contribution in [2.45, 2.75) is 75.8 Å². The van der Waals surface area contributed by atoms with Crippen molar-refractivity contribution >= 4 is 8.32 Å². The van der Waals surface area contributed by atoms with E-state index in [0.29, 0.717) is 17.7 Å². The highest BCUT2D eigenvalue weighted by atomic mass is 28.4. The molecule has 3 atom stereocenters. The molecule has 0 amide bonds. The van der Waals surface area contributed by atoms with E-state index >= 15 is 0 Å². The maximum atomic E-state index is 6.47. The number of rotatable bonds is 7. The van der Waals surface area contributed by atoms with E-state index < -0.39 is 14.3 Å². The average Bonchev–Trinajstić information content (AvgIpc) is 3.23. The highest BCUT2D eigenvalue weighted by molar-refractivity contribution is 6.75. The normalized spacial score (nSPS) is 31.1. The largest absolute Gasteiger partial charge is 0.370 e. The van der Waals surface area contributed by atoms with Crippen LogP contribution >= 0.6 is 0 Å². The molecule has 0 aromatic rings. The van der Waals surface area contributed by atoms with Gasteiger partial charge in [-0.1, -0.05) is 13.8 Å². The van der Waals surface area contributed by atoms with Crippen molar-refractivity contribution in [3.63, 3.8) is 0 Å². The Balaban J connectivity index is 2.11. The molecule has 1 aliphatic carbocycles. The van der Waals surface area contributed by atoms with Crippen molar-refractivity contribution in [1.82, 2.24) is 0 Å². The fourth-order valence-corrected chi connectivity index (χ4v) is 7.84. The summed E-state index contributed by atoms with van der Waals surface area (Å²) >= 11 is 0. The van der Waals surface area contributed by atoms with Gasteiger partial charge in [-0.25, -0.2) is 0 Å². The zero-order valence-corrected chi connectivity index (χ0v) is 13.9. The summed E-state index contributed by atoms with van der Waals surface area (Å²) in [5, 5.41) is 0. The third-order valence-electron chi connectivity index (χ3n) is 5.08. The summed E-state index contributed by atoms with van der Waals surface area (Å²) in [6.45, 7) is 6.38. The first kappa shape index (κ1) is 15.4. The molecule has 2 aliphatic rings. The SMILES string of the molecule is CC[Si](CC)(OC(C)(OC)OC)C1CCC2OC2C1. The van der Waals surface area contributed by atoms with Crippen molar-refractivity contribution in [3.05, 3.63) is 0 Å². The Kier molecular flexibility index (Phi) is 4.73. The van der Waals surface area contributed by atoms with Crippen LogP contribution in [-0.2, 0) is 18.6 Å². The lowest BCUT2D eigenvalue weighted by Gasteiger charge is -2.43. The number of ether oxygens (including phenoxy) is 3. The minimum atomic E-state index is -1.87. The number of fused-ring (bicyclic) bond motifs is 1. The second-order valence-corrected chi connectivity index (χ2v) is 10.4. The first-order valence-corrected chi connectivity index (χ1v) is 9.88. The molecule has 0 bridgehead atoms. The van der Waals surface area contributed by atoms with Crippen LogP contribution in [0.5, 0.6) is 0 Å². The molecule has 2 fully saturated rings. The molecular weight excluding hydrogens is 260 g/mol. The lowest BCUT2D eigenvalue weighted by molar-refractivity contribution is -0.316. The first-order valence-electron chi connectivity index (χ1n) is 7.48. The van der Waals surface area contributed by atoms with Gasteiger partial charge in [0.2, 0.25) is 8.32 Å². The van der Waals surface area contributed by atoms with E-state index in [1.807, 2.05) is 6.92 Å². The fraction of sp³-hybridized carbons (Fsp3) is 1.00. The van der Waals surface area contributed by atoms with Crippen LogP contribution in [0, 0.1) is 0 Å². The minimum absolute atomic E-state index is 0.503. The van der Waals surface area contributed by atoms with Crippen LogP contribution < -0.4 is 0 Å². The summed E-state index contributed by atoms with van der Waals surface area (Å²) in [5.41, 5.74) is 0.663. The van der Waals surface area contributed by atoms with Crippen LogP contribution in [0.25, 0.3) is 0 Å². The number of methoxy groups -OCH3 is 2. The van der Waals surface area contributed by atoms with E-state index in [-0.39, 0.29) is 0 Å². The van der Waals surface area contributed by atoms with Crippen LogP contribution in [-0.4, -0.2) is 40.7 Å². The van der Waals surface area contributed by atoms with Crippen LogP contribution in [0.2, 0.25) is 17.6 Å². The molecule has 5 heteroatoms. The highest BCUT2D eigenvalue weighted by Gasteiger charge is 2.53. The van der Waals surface area contributed by atoms with E-state index in [9.17, 15) is 0 Å². The number of hydrogen-bond donors (Lipinski definition) is 0. The standard InChI is InChI=1S/C14H28O4Si/c1-6-19(7-2,18-14(3,15-4)16-5)11-8-9-12-13(10-11)17-12/h11-13H,6-10H2,1-5H3. The molecule has 19 heavy (non-hydrogen) atoms. The van der Waals surface area contributed by atoms with Gasteiger partial charge >= 0.3 is 0 Å². The molecule has 2 rings (SSSR count). The van der Waals surface area contributed by atoms with E-state index in [1.165, 1.54) is 19.3 Å². The Morgan fingerprint density at radius 3 is 2.21 bits per heavy atom. The molecule has 1 saturated carbocycles. The maximum Gasteiger partial charge on any atom is 0.269 e. The third-order valence-corrected chi connectivity index (χ3v) is 10.3. The predicted octanol–water partition coefficient (Wildman–Crippen LogP) is 3.28. The van der Waals surface area contributed by atoms with Gasteiger partial charge in [0, 0.05) is 21.1 Å². The summed E-state index contributed by atoms with van der Waals surface area (Å²) in [4.78, 5) is 0. The Bertz CT molecular complexity index is 302. The van der Waals surface area contributed by atoms with E-state index in [1.54, 1.807) is 14.2 Å². The van der Waals surface area contributed by atoms with Gasteiger partial charge in [-0.2, -0.15) is 0 Å². The van der Waals surface area contributed by atoms with Crippen molar-refractivity contribution in [3.8, 4) is 0 Å². The summed E-state index contributed by atoms with van der Waals surface area (Å²) in [6.07, 6.45) is 4.65. The Morgan fingerprint density at radius 1 is 1.11 bits per heavy atom. The third kappa shape index (κ3) is 3.05. The van der Waals surface area contributed by atoms with Crippen LogP contribution in [0.3, 0.4) is 0 Å². The van der Waals surface area contributed by atoms with Gasteiger partial charge < -0.3 is 18.6 Å². The van der Waals surface area contributed by atoms with Gasteiger partial charge in [0.05, 0.1) is 12.2 Å². The summed E-state index contributed by atoms with van der Waals surface area (Å²) in [7, 11) is 1.43. The zero-order chi connectivity index (χ0) is 14.1. The Morgan fingerprint density at radius 2 is 1.74 bits per heavy atom. The van der Waals surface area contributed by atoms with E-state index in [2.05, 4.69) is 13.8 Å². The molecular formula is C14H28O4Si. The lowest BCUT2D eigenvalue weighted by Crippen LogP contribution is -2.52. The summed E-state index contributed by atoms with van der Waals surface area (Å²) < 4.78 is 23.0. The van der Waals surface area contributed by atoms with Crippen molar-refractivity contribution in [1.29, 1.82) is 0 Å². The number of epoxide rings is 1. The molecule has 0 aromatic carbocycles. The zero-order valence-electron chi connectivity index (χ0n) is 12.9. The molecule has 0 aromatic heterocycles. The van der Waals surface area contributed by atoms with Gasteiger partial charge in [0.15, 0.2) is 0 Å². The maximum absolute atomic E-state index is 6.47. The molecule has 4 nitrogen and oxygen atoms in total. The number of hydrogen-bond acceptors (Lipinski definition) is 4. The van der Waals surface area contributed by atoms with Crippen LogP contribution in [0.4, 0.5) is 0 Å². The van der Waals surface area contributed by atoms with E-state index in [4.69, 9.17) is 18.6 Å². The molecule has 112 valence electrons. The fourth-order valence-electron chi connectivity index (χ4n) is 3.47. The van der Waals surface area contributed by atoms with Crippen LogP contribution in [0.15, 0.2) is 0 Å². The molecule has 3 unspecified atom stereocenters. The topological polar surface area (TPSA) is 40.2 Å². The molecule has 0 spiro atoms. The van der Waals surface area contributed by atoms with Crippen LogP contribution in [0.1, 0.15) is 40.0 Å². The minimum Gasteiger partial charge on any atom is -0.370 e. The summed E-state index contributed by atoms with van der Waals surface area (Å²) in [6, 6.07) is 2.21. The second kappa shape index (κ2) is 5.82. The van der Waals surface area contributed by atoms with Crippen molar-refractivity contribution in [2.75, 3.05) is 14.2 Å². The average molecular weight is 288 g/mol. The van der Waals surface area contributed by atoms with E-state index in [0.717, 1.165) is 12.1 Å². The molecule has 0 N–H and O–H groups in total.